The van der Waals surface area contributed by atoms with Crippen molar-refractivity contribution >= 4 is 11.7 Å². The van der Waals surface area contributed by atoms with E-state index in [4.69, 9.17) is 5.11 Å². The van der Waals surface area contributed by atoms with Crippen molar-refractivity contribution in [3.05, 3.63) is 41.5 Å². The number of hydrogen-bond acceptors (Lipinski definition) is 2. The van der Waals surface area contributed by atoms with Crippen LogP contribution in [0.25, 0.3) is 0 Å². The van der Waals surface area contributed by atoms with E-state index in [9.17, 15) is 18.0 Å². The minimum absolute atomic E-state index is 0.0686. The minimum atomic E-state index is -4.29. The van der Waals surface area contributed by atoms with Crippen molar-refractivity contribution in [1.82, 2.24) is 0 Å². The predicted octanol–water partition coefficient (Wildman–Crippen LogP) is 3.08. The largest absolute Gasteiger partial charge is 0.478 e. The van der Waals surface area contributed by atoms with Crippen molar-refractivity contribution < 1.29 is 23.1 Å². The van der Waals surface area contributed by atoms with Crippen LogP contribution < -0.4 is 4.90 Å². The van der Waals surface area contributed by atoms with Gasteiger partial charge >= 0.3 is 12.1 Å². The Bertz CT molecular complexity index is 523. The summed E-state index contributed by atoms with van der Waals surface area (Å²) in [5, 5.41) is 9.06. The normalized spacial score (nSPS) is 16.2. The highest BCUT2D eigenvalue weighted by Crippen LogP contribution is 2.32. The van der Waals surface area contributed by atoms with E-state index in [1.807, 2.05) is 0 Å². The molecule has 0 bridgehead atoms. The number of benzene rings is 1. The van der Waals surface area contributed by atoms with E-state index in [0.29, 0.717) is 5.69 Å². The van der Waals surface area contributed by atoms with Gasteiger partial charge in [0.05, 0.1) is 11.3 Å². The molecule has 0 saturated carbocycles. The summed E-state index contributed by atoms with van der Waals surface area (Å²) in [6.07, 6.45) is -3.31. The number of anilines is 1. The number of halogens is 3. The first-order valence-electron chi connectivity index (χ1n) is 5.73. The lowest BCUT2D eigenvalue weighted by Crippen LogP contribution is -2.32. The molecule has 0 radical (unpaired) electrons. The topological polar surface area (TPSA) is 40.5 Å². The lowest BCUT2D eigenvalue weighted by molar-refractivity contribution is -0.0944. The van der Waals surface area contributed by atoms with Gasteiger partial charge in [0.1, 0.15) is 0 Å². The fourth-order valence-corrected chi connectivity index (χ4v) is 2.08. The third kappa shape index (κ3) is 2.89. The average molecular weight is 271 g/mol. The van der Waals surface area contributed by atoms with Crippen LogP contribution in [0.15, 0.2) is 35.9 Å². The van der Waals surface area contributed by atoms with E-state index in [1.165, 1.54) is 6.07 Å². The lowest BCUT2D eigenvalue weighted by atomic mass is 10.1. The Morgan fingerprint density at radius 1 is 1.26 bits per heavy atom. The number of alkyl halides is 3. The van der Waals surface area contributed by atoms with Gasteiger partial charge in [-0.3, -0.25) is 0 Å². The summed E-state index contributed by atoms with van der Waals surface area (Å²) < 4.78 is 37.5. The first-order chi connectivity index (χ1) is 8.89. The quantitative estimate of drug-likeness (QED) is 0.840. The highest BCUT2D eigenvalue weighted by molar-refractivity contribution is 5.94. The van der Waals surface area contributed by atoms with Gasteiger partial charge in [-0.05, 0) is 18.6 Å². The molecule has 0 atom stereocenters. The molecule has 1 aliphatic rings. The Balaban J connectivity index is 2.23. The average Bonchev–Trinajstić information content (AvgIpc) is 2.38. The predicted molar refractivity (Wildman–Crippen MR) is 64.4 cm³/mol. The Kier molecular flexibility index (Phi) is 3.50. The van der Waals surface area contributed by atoms with Crippen molar-refractivity contribution in [3.8, 4) is 0 Å². The van der Waals surface area contributed by atoms with E-state index in [-0.39, 0.29) is 25.1 Å². The first kappa shape index (κ1) is 13.5. The number of carbonyl (C=O) groups is 1. The smallest absolute Gasteiger partial charge is 0.412 e. The summed E-state index contributed by atoms with van der Waals surface area (Å²) in [5.41, 5.74) is 0.00962. The van der Waals surface area contributed by atoms with Gasteiger partial charge in [0, 0.05) is 18.7 Å². The van der Waals surface area contributed by atoms with Crippen LogP contribution in [-0.2, 0) is 0 Å². The number of nitrogens with zero attached hydrogens (tertiary/aromatic N) is 1. The van der Waals surface area contributed by atoms with Crippen molar-refractivity contribution in [3.63, 3.8) is 0 Å². The van der Waals surface area contributed by atoms with Crippen molar-refractivity contribution in [1.29, 1.82) is 0 Å². The van der Waals surface area contributed by atoms with Gasteiger partial charge in [0.15, 0.2) is 0 Å². The molecule has 1 N–H and O–H groups in total. The van der Waals surface area contributed by atoms with Gasteiger partial charge in [-0.1, -0.05) is 18.2 Å². The van der Waals surface area contributed by atoms with E-state index in [0.717, 1.165) is 6.08 Å². The number of carboxylic acid groups (broad SMARTS) is 1. The van der Waals surface area contributed by atoms with Crippen molar-refractivity contribution in [2.45, 2.75) is 12.6 Å². The summed E-state index contributed by atoms with van der Waals surface area (Å²) in [4.78, 5) is 12.7. The fourth-order valence-electron chi connectivity index (χ4n) is 2.08. The second kappa shape index (κ2) is 4.95. The fraction of sp³-hybridized carbons (Fsp3) is 0.308. The number of aromatic carboxylic acids is 1. The monoisotopic (exact) mass is 271 g/mol. The summed E-state index contributed by atoms with van der Waals surface area (Å²) in [6, 6.07) is 6.31. The summed E-state index contributed by atoms with van der Waals surface area (Å²) in [5.74, 6) is -1.08. The van der Waals surface area contributed by atoms with Gasteiger partial charge in [-0.25, -0.2) is 4.79 Å². The van der Waals surface area contributed by atoms with Gasteiger partial charge in [0.25, 0.3) is 0 Å². The van der Waals surface area contributed by atoms with E-state index in [2.05, 4.69) is 0 Å². The standard InChI is InChI=1S/C13H12F3NO2/c14-13(15,16)9-5-7-17(8-6-9)11-4-2-1-3-10(11)12(18)19/h1-5H,6-8H2,(H,18,19). The molecule has 1 aromatic carbocycles. The third-order valence-corrected chi connectivity index (χ3v) is 3.05. The number of para-hydroxylation sites is 1. The maximum absolute atomic E-state index is 12.5. The maximum atomic E-state index is 12.5. The molecule has 1 aromatic rings. The van der Waals surface area contributed by atoms with Crippen LogP contribution >= 0.6 is 0 Å². The van der Waals surface area contributed by atoms with Crippen molar-refractivity contribution in [2.75, 3.05) is 18.0 Å². The van der Waals surface area contributed by atoms with E-state index >= 15 is 0 Å². The Labute approximate surface area is 108 Å². The van der Waals surface area contributed by atoms with Crippen LogP contribution in [0.2, 0.25) is 0 Å². The summed E-state index contributed by atoms with van der Waals surface area (Å²) in [7, 11) is 0. The molecule has 6 heteroatoms. The SMILES string of the molecule is O=C(O)c1ccccc1N1CC=C(C(F)(F)F)CC1. The second-order valence-corrected chi connectivity index (χ2v) is 4.25. The number of hydrogen-bond donors (Lipinski definition) is 1. The summed E-state index contributed by atoms with van der Waals surface area (Å²) >= 11 is 0. The van der Waals surface area contributed by atoms with E-state index < -0.39 is 17.7 Å². The highest BCUT2D eigenvalue weighted by atomic mass is 19.4. The molecule has 1 aliphatic heterocycles. The van der Waals surface area contributed by atoms with Gasteiger partial charge in [-0.15, -0.1) is 0 Å². The van der Waals surface area contributed by atoms with Gasteiger partial charge in [-0.2, -0.15) is 13.2 Å². The molecule has 1 heterocycles. The minimum Gasteiger partial charge on any atom is -0.478 e. The zero-order valence-corrected chi connectivity index (χ0v) is 9.94. The zero-order chi connectivity index (χ0) is 14.0. The van der Waals surface area contributed by atoms with Crippen LogP contribution in [-0.4, -0.2) is 30.3 Å². The van der Waals surface area contributed by atoms with Gasteiger partial charge in [0.2, 0.25) is 0 Å². The zero-order valence-electron chi connectivity index (χ0n) is 9.94. The molecule has 0 amide bonds. The molecule has 0 aromatic heterocycles. The molecule has 0 fully saturated rings. The Morgan fingerprint density at radius 3 is 2.47 bits per heavy atom. The van der Waals surface area contributed by atoms with Crippen LogP contribution in [0.1, 0.15) is 16.8 Å². The number of rotatable bonds is 2. The molecular formula is C13H12F3NO2. The lowest BCUT2D eigenvalue weighted by Gasteiger charge is -2.30. The Hall–Kier alpha value is -1.98. The Morgan fingerprint density at radius 2 is 1.95 bits per heavy atom. The molecular weight excluding hydrogens is 259 g/mol. The molecule has 19 heavy (non-hydrogen) atoms. The highest BCUT2D eigenvalue weighted by Gasteiger charge is 2.35. The molecule has 0 aliphatic carbocycles. The molecule has 2 rings (SSSR count). The van der Waals surface area contributed by atoms with Crippen molar-refractivity contribution in [2.24, 2.45) is 0 Å². The molecule has 0 unspecified atom stereocenters. The molecule has 0 saturated heterocycles. The van der Waals surface area contributed by atoms with Crippen LogP contribution in [0.5, 0.6) is 0 Å². The van der Waals surface area contributed by atoms with Gasteiger partial charge < -0.3 is 10.0 Å². The number of carboxylic acids is 1. The third-order valence-electron chi connectivity index (χ3n) is 3.05. The maximum Gasteiger partial charge on any atom is 0.412 e. The first-order valence-corrected chi connectivity index (χ1v) is 5.73. The molecule has 3 nitrogen and oxygen atoms in total. The van der Waals surface area contributed by atoms with E-state index in [1.54, 1.807) is 23.1 Å². The molecule has 0 spiro atoms. The second-order valence-electron chi connectivity index (χ2n) is 4.25. The summed E-state index contributed by atoms with van der Waals surface area (Å²) in [6.45, 7) is 0.231. The van der Waals surface area contributed by atoms with Crippen LogP contribution in [0, 0.1) is 0 Å². The van der Waals surface area contributed by atoms with Crippen LogP contribution in [0.4, 0.5) is 18.9 Å². The molecule has 102 valence electrons. The van der Waals surface area contributed by atoms with Crippen LogP contribution in [0.3, 0.4) is 0 Å².